The van der Waals surface area contributed by atoms with Crippen molar-refractivity contribution in [2.24, 2.45) is 17.4 Å². The fourth-order valence-corrected chi connectivity index (χ4v) is 2.49. The molecule has 0 aromatic heterocycles. The molecule has 0 spiro atoms. The summed E-state index contributed by atoms with van der Waals surface area (Å²) >= 11 is 0. The van der Waals surface area contributed by atoms with E-state index in [4.69, 9.17) is 11.5 Å². The van der Waals surface area contributed by atoms with Crippen LogP contribution >= 0.6 is 0 Å². The number of carbonyl (C=O) groups excluding carboxylic acids is 1. The van der Waals surface area contributed by atoms with E-state index in [1.165, 1.54) is 0 Å². The normalized spacial score (nSPS) is 14.7. The summed E-state index contributed by atoms with van der Waals surface area (Å²) in [6.45, 7) is 8.01. The highest BCUT2D eigenvalue weighted by Crippen LogP contribution is 2.31. The number of amides is 1. The molecular weight excluding hydrogens is 212 g/mol. The summed E-state index contributed by atoms with van der Waals surface area (Å²) in [6, 6.07) is 5.89. The zero-order valence-electron chi connectivity index (χ0n) is 11.1. The van der Waals surface area contributed by atoms with Crippen molar-refractivity contribution in [1.29, 1.82) is 0 Å². The first-order chi connectivity index (χ1) is 7.79. The molecule has 17 heavy (non-hydrogen) atoms. The molecule has 3 heteroatoms. The molecule has 0 fully saturated rings. The molecule has 94 valence electrons. The molecule has 1 unspecified atom stereocenters. The molecule has 1 aromatic rings. The van der Waals surface area contributed by atoms with Gasteiger partial charge in [0.1, 0.15) is 5.54 Å². The molecule has 0 bridgehead atoms. The number of carbonyl (C=O) groups is 1. The van der Waals surface area contributed by atoms with Crippen LogP contribution in [0.1, 0.15) is 37.0 Å². The van der Waals surface area contributed by atoms with Crippen LogP contribution in [0.2, 0.25) is 0 Å². The summed E-state index contributed by atoms with van der Waals surface area (Å²) in [5, 5.41) is 0. The van der Waals surface area contributed by atoms with E-state index < -0.39 is 11.4 Å². The van der Waals surface area contributed by atoms with Gasteiger partial charge in [-0.1, -0.05) is 32.0 Å². The summed E-state index contributed by atoms with van der Waals surface area (Å²) in [4.78, 5) is 11.8. The van der Waals surface area contributed by atoms with Gasteiger partial charge in [0.2, 0.25) is 5.91 Å². The summed E-state index contributed by atoms with van der Waals surface area (Å²) in [7, 11) is 0. The highest BCUT2D eigenvalue weighted by molar-refractivity contribution is 5.86. The van der Waals surface area contributed by atoms with Crippen LogP contribution in [0.15, 0.2) is 18.2 Å². The van der Waals surface area contributed by atoms with Gasteiger partial charge in [0.15, 0.2) is 0 Å². The van der Waals surface area contributed by atoms with Crippen LogP contribution in [-0.4, -0.2) is 5.91 Å². The van der Waals surface area contributed by atoms with Crippen molar-refractivity contribution in [3.63, 3.8) is 0 Å². The van der Waals surface area contributed by atoms with Gasteiger partial charge < -0.3 is 11.5 Å². The van der Waals surface area contributed by atoms with Crippen LogP contribution in [0.5, 0.6) is 0 Å². The van der Waals surface area contributed by atoms with Gasteiger partial charge in [-0.2, -0.15) is 0 Å². The minimum Gasteiger partial charge on any atom is -0.368 e. The Hall–Kier alpha value is -1.35. The van der Waals surface area contributed by atoms with E-state index in [0.29, 0.717) is 12.3 Å². The van der Waals surface area contributed by atoms with E-state index >= 15 is 0 Å². The highest BCUT2D eigenvalue weighted by atomic mass is 16.1. The van der Waals surface area contributed by atoms with E-state index in [9.17, 15) is 4.79 Å². The van der Waals surface area contributed by atoms with Crippen LogP contribution in [0, 0.1) is 19.8 Å². The zero-order chi connectivity index (χ0) is 13.2. The molecule has 3 nitrogen and oxygen atoms in total. The zero-order valence-corrected chi connectivity index (χ0v) is 11.1. The molecule has 1 rings (SSSR count). The molecule has 0 saturated heterocycles. The standard InChI is InChI=1S/C14H22N2O/c1-9(2)8-14(16,13(15)17)12-10(3)6-5-7-11(12)4/h5-7,9H,8,16H2,1-4H3,(H2,15,17). The Morgan fingerprint density at radius 3 is 2.12 bits per heavy atom. The second kappa shape index (κ2) is 4.88. The van der Waals surface area contributed by atoms with Crippen molar-refractivity contribution in [3.05, 3.63) is 34.9 Å². The number of rotatable bonds is 4. The van der Waals surface area contributed by atoms with Gasteiger partial charge >= 0.3 is 0 Å². The third-order valence-corrected chi connectivity index (χ3v) is 3.10. The molecule has 0 aliphatic heterocycles. The Balaban J connectivity index is 3.37. The van der Waals surface area contributed by atoms with Gasteiger partial charge in [0.05, 0.1) is 0 Å². The molecule has 1 aromatic carbocycles. The number of hydrogen-bond acceptors (Lipinski definition) is 2. The van der Waals surface area contributed by atoms with Crippen LogP contribution in [0.4, 0.5) is 0 Å². The quantitative estimate of drug-likeness (QED) is 0.836. The summed E-state index contributed by atoms with van der Waals surface area (Å²) in [5.74, 6) is -0.143. The van der Waals surface area contributed by atoms with E-state index in [1.54, 1.807) is 0 Å². The SMILES string of the molecule is Cc1cccc(C)c1C(N)(CC(C)C)C(N)=O. The molecule has 4 N–H and O–H groups in total. The predicted molar refractivity (Wildman–Crippen MR) is 70.4 cm³/mol. The maximum absolute atomic E-state index is 11.8. The lowest BCUT2D eigenvalue weighted by Gasteiger charge is -2.31. The Labute approximate surface area is 103 Å². The van der Waals surface area contributed by atoms with Gasteiger partial charge in [-0.15, -0.1) is 0 Å². The lowest BCUT2D eigenvalue weighted by Crippen LogP contribution is -2.50. The van der Waals surface area contributed by atoms with Gasteiger partial charge in [-0.3, -0.25) is 4.79 Å². The first-order valence-corrected chi connectivity index (χ1v) is 5.94. The summed E-state index contributed by atoms with van der Waals surface area (Å²) < 4.78 is 0. The number of aryl methyl sites for hydroxylation is 2. The number of hydrogen-bond donors (Lipinski definition) is 2. The fourth-order valence-electron chi connectivity index (χ4n) is 2.49. The lowest BCUT2D eigenvalue weighted by atomic mass is 9.78. The third-order valence-electron chi connectivity index (χ3n) is 3.10. The second-order valence-corrected chi connectivity index (χ2v) is 5.20. The Morgan fingerprint density at radius 2 is 1.76 bits per heavy atom. The predicted octanol–water partition coefficient (Wildman–Crippen LogP) is 1.99. The maximum atomic E-state index is 11.8. The smallest absolute Gasteiger partial charge is 0.242 e. The average Bonchev–Trinajstić information content (AvgIpc) is 2.15. The van der Waals surface area contributed by atoms with Crippen LogP contribution < -0.4 is 11.5 Å². The van der Waals surface area contributed by atoms with Crippen LogP contribution in [0.3, 0.4) is 0 Å². The topological polar surface area (TPSA) is 69.1 Å². The van der Waals surface area contributed by atoms with Crippen molar-refractivity contribution in [2.45, 2.75) is 39.7 Å². The average molecular weight is 234 g/mol. The first kappa shape index (κ1) is 13.7. The van der Waals surface area contributed by atoms with Crippen molar-refractivity contribution in [1.82, 2.24) is 0 Å². The van der Waals surface area contributed by atoms with Crippen LogP contribution in [0.25, 0.3) is 0 Å². The third kappa shape index (κ3) is 2.67. The van der Waals surface area contributed by atoms with E-state index in [-0.39, 0.29) is 0 Å². The Bertz CT molecular complexity index is 406. The maximum Gasteiger partial charge on any atom is 0.242 e. The molecule has 0 saturated carbocycles. The van der Waals surface area contributed by atoms with Gasteiger partial charge in [-0.05, 0) is 42.9 Å². The van der Waals surface area contributed by atoms with E-state index in [2.05, 4.69) is 0 Å². The largest absolute Gasteiger partial charge is 0.368 e. The minimum atomic E-state index is -1.07. The van der Waals surface area contributed by atoms with Crippen molar-refractivity contribution >= 4 is 5.91 Å². The summed E-state index contributed by atoms with van der Waals surface area (Å²) in [6.07, 6.45) is 0.564. The summed E-state index contributed by atoms with van der Waals surface area (Å²) in [5.41, 5.74) is 13.7. The Morgan fingerprint density at radius 1 is 1.29 bits per heavy atom. The number of benzene rings is 1. The molecule has 0 radical (unpaired) electrons. The van der Waals surface area contributed by atoms with Crippen molar-refractivity contribution in [3.8, 4) is 0 Å². The number of nitrogens with two attached hydrogens (primary N) is 2. The van der Waals surface area contributed by atoms with Gasteiger partial charge in [-0.25, -0.2) is 0 Å². The van der Waals surface area contributed by atoms with Crippen molar-refractivity contribution < 1.29 is 4.79 Å². The second-order valence-electron chi connectivity index (χ2n) is 5.20. The molecule has 0 aliphatic rings. The molecule has 1 amide bonds. The Kier molecular flexibility index (Phi) is 3.94. The fraction of sp³-hybridized carbons (Fsp3) is 0.500. The van der Waals surface area contributed by atoms with E-state index in [1.807, 2.05) is 45.9 Å². The minimum absolute atomic E-state index is 0.312. The highest BCUT2D eigenvalue weighted by Gasteiger charge is 2.36. The molecule has 0 heterocycles. The lowest BCUT2D eigenvalue weighted by molar-refractivity contribution is -0.124. The van der Waals surface area contributed by atoms with Crippen LogP contribution in [-0.2, 0) is 10.3 Å². The van der Waals surface area contributed by atoms with E-state index in [0.717, 1.165) is 16.7 Å². The monoisotopic (exact) mass is 234 g/mol. The first-order valence-electron chi connectivity index (χ1n) is 5.94. The van der Waals surface area contributed by atoms with Crippen molar-refractivity contribution in [2.75, 3.05) is 0 Å². The molecule has 1 atom stereocenters. The van der Waals surface area contributed by atoms with Gasteiger partial charge in [0.25, 0.3) is 0 Å². The number of primary amides is 1. The van der Waals surface area contributed by atoms with Gasteiger partial charge in [0, 0.05) is 0 Å². The molecular formula is C14H22N2O. The molecule has 0 aliphatic carbocycles.